The van der Waals surface area contributed by atoms with Crippen molar-refractivity contribution in [3.63, 3.8) is 0 Å². The standard InChI is InChI=1S/C24H37BrN2O2/c1-3-29-23-6-7-24(25)22(18-23)17-21-8-13-26(14-9-21)12-4-5-20-10-15-27(16-11-20)19(2)28/h6-7,18,20-21H,3-5,8-17H2,1-2H3. The van der Waals surface area contributed by atoms with Crippen molar-refractivity contribution in [1.82, 2.24) is 9.80 Å². The molecule has 29 heavy (non-hydrogen) atoms. The molecule has 162 valence electrons. The van der Waals surface area contributed by atoms with Gasteiger partial charge in [-0.1, -0.05) is 15.9 Å². The van der Waals surface area contributed by atoms with E-state index in [4.69, 9.17) is 4.74 Å². The average Bonchev–Trinajstić information content (AvgIpc) is 2.72. The second-order valence-corrected chi connectivity index (χ2v) is 9.62. The minimum atomic E-state index is 0.239. The van der Waals surface area contributed by atoms with Gasteiger partial charge in [0, 0.05) is 24.5 Å². The monoisotopic (exact) mass is 464 g/mol. The highest BCUT2D eigenvalue weighted by Crippen LogP contribution is 2.29. The molecule has 0 radical (unpaired) electrons. The first-order chi connectivity index (χ1) is 14.0. The molecule has 2 saturated heterocycles. The lowest BCUT2D eigenvalue weighted by Gasteiger charge is -2.34. The number of rotatable bonds is 8. The van der Waals surface area contributed by atoms with Gasteiger partial charge >= 0.3 is 0 Å². The van der Waals surface area contributed by atoms with E-state index < -0.39 is 0 Å². The number of carbonyl (C=O) groups excluding carboxylic acids is 1. The zero-order chi connectivity index (χ0) is 20.6. The second-order valence-electron chi connectivity index (χ2n) is 8.77. The molecule has 2 heterocycles. The van der Waals surface area contributed by atoms with Gasteiger partial charge in [0.2, 0.25) is 5.91 Å². The molecule has 0 bridgehead atoms. The summed E-state index contributed by atoms with van der Waals surface area (Å²) in [6, 6.07) is 6.37. The number of halogens is 1. The summed E-state index contributed by atoms with van der Waals surface area (Å²) in [5.74, 6) is 2.81. The molecule has 0 aliphatic carbocycles. The maximum atomic E-state index is 11.4. The normalized spacial score (nSPS) is 19.5. The van der Waals surface area contributed by atoms with E-state index in [-0.39, 0.29) is 5.91 Å². The van der Waals surface area contributed by atoms with Crippen molar-refractivity contribution in [2.75, 3.05) is 39.3 Å². The molecular formula is C24H37BrN2O2. The molecular weight excluding hydrogens is 428 g/mol. The molecule has 2 aliphatic rings. The van der Waals surface area contributed by atoms with Crippen LogP contribution in [0, 0.1) is 11.8 Å². The number of ether oxygens (including phenoxy) is 1. The van der Waals surface area contributed by atoms with Crippen molar-refractivity contribution in [2.45, 2.75) is 58.8 Å². The fraction of sp³-hybridized carbons (Fsp3) is 0.708. The highest BCUT2D eigenvalue weighted by atomic mass is 79.9. The van der Waals surface area contributed by atoms with Crippen LogP contribution in [0.4, 0.5) is 0 Å². The minimum Gasteiger partial charge on any atom is -0.494 e. The minimum absolute atomic E-state index is 0.239. The SMILES string of the molecule is CCOc1ccc(Br)c(CC2CCN(CCCC3CCN(C(C)=O)CC3)CC2)c1. The largest absolute Gasteiger partial charge is 0.494 e. The van der Waals surface area contributed by atoms with Crippen LogP contribution in [0.3, 0.4) is 0 Å². The van der Waals surface area contributed by atoms with E-state index >= 15 is 0 Å². The molecule has 0 saturated carbocycles. The Morgan fingerprint density at radius 3 is 2.45 bits per heavy atom. The van der Waals surface area contributed by atoms with Crippen molar-refractivity contribution in [2.24, 2.45) is 11.8 Å². The van der Waals surface area contributed by atoms with Crippen molar-refractivity contribution in [1.29, 1.82) is 0 Å². The molecule has 0 spiro atoms. The fourth-order valence-electron chi connectivity index (χ4n) is 4.83. The topological polar surface area (TPSA) is 32.8 Å². The van der Waals surface area contributed by atoms with Gasteiger partial charge in [-0.2, -0.15) is 0 Å². The number of amides is 1. The van der Waals surface area contributed by atoms with Gasteiger partial charge in [0.05, 0.1) is 6.61 Å². The van der Waals surface area contributed by atoms with Crippen LogP contribution >= 0.6 is 15.9 Å². The second kappa shape index (κ2) is 11.4. The summed E-state index contributed by atoms with van der Waals surface area (Å²) in [6.07, 6.45) is 8.74. The maximum Gasteiger partial charge on any atom is 0.219 e. The number of benzene rings is 1. The summed E-state index contributed by atoms with van der Waals surface area (Å²) in [6.45, 7) is 10.1. The van der Waals surface area contributed by atoms with Gasteiger partial charge in [0.25, 0.3) is 0 Å². The Labute approximate surface area is 185 Å². The smallest absolute Gasteiger partial charge is 0.219 e. The first-order valence-corrected chi connectivity index (χ1v) is 12.2. The summed E-state index contributed by atoms with van der Waals surface area (Å²) < 4.78 is 6.88. The zero-order valence-electron chi connectivity index (χ0n) is 18.2. The number of nitrogens with zero attached hydrogens (tertiary/aromatic N) is 2. The van der Waals surface area contributed by atoms with Crippen molar-refractivity contribution < 1.29 is 9.53 Å². The first kappa shape index (κ1) is 22.6. The van der Waals surface area contributed by atoms with Gasteiger partial charge in [-0.3, -0.25) is 4.79 Å². The lowest BCUT2D eigenvalue weighted by atomic mass is 9.89. The van der Waals surface area contributed by atoms with E-state index in [1.165, 1.54) is 68.2 Å². The van der Waals surface area contributed by atoms with Gasteiger partial charge in [0.15, 0.2) is 0 Å². The Morgan fingerprint density at radius 2 is 1.79 bits per heavy atom. The molecule has 2 fully saturated rings. The number of carbonyl (C=O) groups is 1. The van der Waals surface area contributed by atoms with Crippen LogP contribution in [0.5, 0.6) is 5.75 Å². The fourth-order valence-corrected chi connectivity index (χ4v) is 5.24. The third-order valence-electron chi connectivity index (χ3n) is 6.69. The van der Waals surface area contributed by atoms with E-state index in [0.29, 0.717) is 0 Å². The van der Waals surface area contributed by atoms with E-state index in [9.17, 15) is 4.79 Å². The Balaban J connectivity index is 1.34. The van der Waals surface area contributed by atoms with E-state index in [0.717, 1.165) is 43.7 Å². The molecule has 1 amide bonds. The summed E-state index contributed by atoms with van der Waals surface area (Å²) in [7, 11) is 0. The van der Waals surface area contributed by atoms with Crippen molar-refractivity contribution in [3.8, 4) is 5.75 Å². The Kier molecular flexibility index (Phi) is 8.85. The molecule has 0 N–H and O–H groups in total. The van der Waals surface area contributed by atoms with E-state index in [2.05, 4.69) is 33.0 Å². The van der Waals surface area contributed by atoms with Gasteiger partial charge in [-0.15, -0.1) is 0 Å². The number of piperidine rings is 2. The van der Waals surface area contributed by atoms with E-state index in [1.807, 2.05) is 17.9 Å². The zero-order valence-corrected chi connectivity index (χ0v) is 19.8. The van der Waals surface area contributed by atoms with Gasteiger partial charge in [0.1, 0.15) is 5.75 Å². The summed E-state index contributed by atoms with van der Waals surface area (Å²) >= 11 is 3.72. The van der Waals surface area contributed by atoms with Crippen molar-refractivity contribution in [3.05, 3.63) is 28.2 Å². The molecule has 0 unspecified atom stereocenters. The average molecular weight is 465 g/mol. The molecule has 1 aromatic carbocycles. The lowest BCUT2D eigenvalue weighted by molar-refractivity contribution is -0.130. The number of hydrogen-bond donors (Lipinski definition) is 0. The van der Waals surface area contributed by atoms with Crippen LogP contribution in [0.25, 0.3) is 0 Å². The highest BCUT2D eigenvalue weighted by molar-refractivity contribution is 9.10. The Hall–Kier alpha value is -1.07. The number of likely N-dealkylation sites (tertiary alicyclic amines) is 2. The van der Waals surface area contributed by atoms with Crippen LogP contribution in [0.2, 0.25) is 0 Å². The molecule has 0 atom stereocenters. The predicted octanol–water partition coefficient (Wildman–Crippen LogP) is 5.14. The Bertz CT molecular complexity index is 650. The molecule has 5 heteroatoms. The van der Waals surface area contributed by atoms with E-state index in [1.54, 1.807) is 6.92 Å². The number of hydrogen-bond acceptors (Lipinski definition) is 3. The van der Waals surface area contributed by atoms with Crippen LogP contribution in [0.1, 0.15) is 57.9 Å². The van der Waals surface area contributed by atoms with Gasteiger partial charge < -0.3 is 14.5 Å². The molecule has 3 rings (SSSR count). The van der Waals surface area contributed by atoms with Gasteiger partial charge in [-0.05, 0) is 107 Å². The van der Waals surface area contributed by atoms with Gasteiger partial charge in [-0.25, -0.2) is 0 Å². The third kappa shape index (κ3) is 6.99. The quantitative estimate of drug-likeness (QED) is 0.533. The first-order valence-electron chi connectivity index (χ1n) is 11.4. The summed E-state index contributed by atoms with van der Waals surface area (Å²) in [5.41, 5.74) is 1.38. The summed E-state index contributed by atoms with van der Waals surface area (Å²) in [4.78, 5) is 16.1. The highest BCUT2D eigenvalue weighted by Gasteiger charge is 2.22. The molecule has 1 aromatic rings. The lowest BCUT2D eigenvalue weighted by Crippen LogP contribution is -2.37. The van der Waals surface area contributed by atoms with Crippen molar-refractivity contribution >= 4 is 21.8 Å². The summed E-state index contributed by atoms with van der Waals surface area (Å²) in [5, 5.41) is 0. The van der Waals surface area contributed by atoms with Crippen LogP contribution in [0.15, 0.2) is 22.7 Å². The predicted molar refractivity (Wildman–Crippen MR) is 122 cm³/mol. The maximum absolute atomic E-state index is 11.4. The third-order valence-corrected chi connectivity index (χ3v) is 7.46. The Morgan fingerprint density at radius 1 is 1.10 bits per heavy atom. The molecule has 4 nitrogen and oxygen atoms in total. The molecule has 2 aliphatic heterocycles. The van der Waals surface area contributed by atoms with Crippen LogP contribution in [-0.2, 0) is 11.2 Å². The van der Waals surface area contributed by atoms with Crippen LogP contribution < -0.4 is 4.74 Å². The molecule has 0 aromatic heterocycles. The van der Waals surface area contributed by atoms with Crippen LogP contribution in [-0.4, -0.2) is 55.0 Å².